The van der Waals surface area contributed by atoms with Crippen LogP contribution in [0.2, 0.25) is 0 Å². The largest absolute Gasteiger partial charge is 0.474 e. The number of rotatable bonds is 4. The number of fused-ring (bicyclic) bond motifs is 1. The van der Waals surface area contributed by atoms with Crippen LogP contribution in [0.1, 0.15) is 18.4 Å². The molecule has 0 bridgehead atoms. The Morgan fingerprint density at radius 2 is 2.07 bits per heavy atom. The molecule has 2 aromatic rings. The number of alkyl halides is 1. The molecule has 1 fully saturated rings. The van der Waals surface area contributed by atoms with Crippen LogP contribution in [0, 0.1) is 0 Å². The van der Waals surface area contributed by atoms with Gasteiger partial charge in [0.25, 0.3) is 0 Å². The molecule has 3 heterocycles. The molecule has 0 saturated carbocycles. The highest BCUT2D eigenvalue weighted by molar-refractivity contribution is 7.90. The number of likely N-dealkylation sites (tertiary alicyclic amines) is 1. The van der Waals surface area contributed by atoms with E-state index in [4.69, 9.17) is 9.84 Å². The van der Waals surface area contributed by atoms with Crippen LogP contribution in [0.3, 0.4) is 0 Å². The van der Waals surface area contributed by atoms with Crippen LogP contribution >= 0.6 is 0 Å². The monoisotopic (exact) mass is 436 g/mol. The Balaban J connectivity index is 1.50. The molecule has 1 aromatic heterocycles. The third-order valence-corrected chi connectivity index (χ3v) is 6.41. The smallest absolute Gasteiger partial charge is 0.409 e. The molecule has 160 valence electrons. The van der Waals surface area contributed by atoms with E-state index in [1.54, 1.807) is 24.3 Å². The van der Waals surface area contributed by atoms with Crippen LogP contribution < -0.4 is 9.64 Å². The number of nitrogens with zero attached hydrogens (tertiary/aromatic N) is 4. The number of amides is 1. The molecule has 1 amide bonds. The first-order valence-electron chi connectivity index (χ1n) is 9.45. The molecule has 1 saturated heterocycles. The zero-order valence-corrected chi connectivity index (χ0v) is 17.0. The number of ether oxygens (including phenoxy) is 1. The number of aromatic nitrogens is 2. The van der Waals surface area contributed by atoms with Gasteiger partial charge in [0.15, 0.2) is 16.1 Å². The van der Waals surface area contributed by atoms with Crippen molar-refractivity contribution in [3.8, 4) is 5.88 Å². The number of piperidine rings is 1. The molecule has 1 N–H and O–H groups in total. The lowest BCUT2D eigenvalue weighted by atomic mass is 10.1. The van der Waals surface area contributed by atoms with Gasteiger partial charge in [-0.3, -0.25) is 4.90 Å². The number of hydrogen-bond acceptors (Lipinski definition) is 7. The van der Waals surface area contributed by atoms with Gasteiger partial charge >= 0.3 is 6.09 Å². The van der Waals surface area contributed by atoms with Crippen LogP contribution in [0.4, 0.5) is 20.7 Å². The van der Waals surface area contributed by atoms with Gasteiger partial charge < -0.3 is 14.7 Å². The average Bonchev–Trinajstić information content (AvgIpc) is 3.10. The fraction of sp³-hybridized carbons (Fsp3) is 0.421. The lowest BCUT2D eigenvalue weighted by molar-refractivity contribution is -0.000355. The van der Waals surface area contributed by atoms with E-state index in [0.29, 0.717) is 25.2 Å². The predicted molar refractivity (Wildman–Crippen MR) is 106 cm³/mol. The minimum atomic E-state index is -3.28. The summed E-state index contributed by atoms with van der Waals surface area (Å²) in [6.45, 7) is 0.684. The van der Waals surface area contributed by atoms with Gasteiger partial charge in [-0.25, -0.2) is 27.6 Å². The molecule has 0 aliphatic carbocycles. The minimum absolute atomic E-state index is 0.0568. The number of carboxylic acid groups (broad SMARTS) is 1. The molecule has 4 rings (SSSR count). The van der Waals surface area contributed by atoms with Gasteiger partial charge in [0, 0.05) is 43.9 Å². The molecule has 2 aliphatic heterocycles. The summed E-state index contributed by atoms with van der Waals surface area (Å²) in [4.78, 5) is 22.4. The van der Waals surface area contributed by atoms with Gasteiger partial charge in [-0.15, -0.1) is 0 Å². The van der Waals surface area contributed by atoms with Crippen LogP contribution in [0.15, 0.2) is 35.5 Å². The van der Waals surface area contributed by atoms with E-state index in [9.17, 15) is 17.6 Å². The summed E-state index contributed by atoms with van der Waals surface area (Å²) in [5.74, 6) is 0.868. The predicted octanol–water partition coefficient (Wildman–Crippen LogP) is 2.39. The van der Waals surface area contributed by atoms with Gasteiger partial charge in [-0.1, -0.05) is 0 Å². The quantitative estimate of drug-likeness (QED) is 0.727. The van der Waals surface area contributed by atoms with E-state index in [1.165, 1.54) is 12.6 Å². The maximum absolute atomic E-state index is 14.0. The van der Waals surface area contributed by atoms with Crippen molar-refractivity contribution in [3.63, 3.8) is 0 Å². The Labute approximate surface area is 173 Å². The number of sulfone groups is 1. The summed E-state index contributed by atoms with van der Waals surface area (Å²) in [6, 6.07) is 6.66. The maximum Gasteiger partial charge on any atom is 0.409 e. The second kappa shape index (κ2) is 7.71. The van der Waals surface area contributed by atoms with Crippen molar-refractivity contribution in [1.82, 2.24) is 14.9 Å². The maximum atomic E-state index is 14.0. The van der Waals surface area contributed by atoms with E-state index >= 15 is 0 Å². The van der Waals surface area contributed by atoms with Gasteiger partial charge in [0.1, 0.15) is 18.2 Å². The highest BCUT2D eigenvalue weighted by atomic mass is 32.2. The van der Waals surface area contributed by atoms with Gasteiger partial charge in [0.05, 0.1) is 4.90 Å². The van der Waals surface area contributed by atoms with Gasteiger partial charge in [-0.2, -0.15) is 0 Å². The lowest BCUT2D eigenvalue weighted by Gasteiger charge is -2.33. The van der Waals surface area contributed by atoms with E-state index in [0.717, 1.165) is 16.2 Å². The molecule has 9 nitrogen and oxygen atoms in total. The average molecular weight is 436 g/mol. The molecular weight excluding hydrogens is 415 g/mol. The minimum Gasteiger partial charge on any atom is -0.474 e. The summed E-state index contributed by atoms with van der Waals surface area (Å²) >= 11 is 0. The first-order chi connectivity index (χ1) is 14.2. The van der Waals surface area contributed by atoms with Crippen LogP contribution in [0.25, 0.3) is 0 Å². The Bertz CT molecular complexity index is 1080. The fourth-order valence-electron chi connectivity index (χ4n) is 3.77. The molecule has 30 heavy (non-hydrogen) atoms. The van der Waals surface area contributed by atoms with Crippen molar-refractivity contribution in [2.24, 2.45) is 0 Å². The number of hydrogen-bond donors (Lipinski definition) is 1. The van der Waals surface area contributed by atoms with Crippen molar-refractivity contribution in [2.45, 2.75) is 36.6 Å². The zero-order chi connectivity index (χ0) is 21.5. The van der Waals surface area contributed by atoms with Crippen molar-refractivity contribution >= 4 is 27.4 Å². The van der Waals surface area contributed by atoms with Crippen molar-refractivity contribution in [1.29, 1.82) is 0 Å². The van der Waals surface area contributed by atoms with Crippen molar-refractivity contribution < 1.29 is 27.4 Å². The summed E-state index contributed by atoms with van der Waals surface area (Å²) < 4.78 is 43.4. The number of carbonyl (C=O) groups is 1. The summed E-state index contributed by atoms with van der Waals surface area (Å²) in [5, 5.41) is 8.97. The van der Waals surface area contributed by atoms with Crippen LogP contribution in [0.5, 0.6) is 5.88 Å². The molecule has 0 radical (unpaired) electrons. The van der Waals surface area contributed by atoms with E-state index in [1.807, 2.05) is 4.90 Å². The fourth-order valence-corrected chi connectivity index (χ4v) is 4.44. The van der Waals surface area contributed by atoms with Gasteiger partial charge in [0.2, 0.25) is 5.88 Å². The highest BCUT2D eigenvalue weighted by Crippen LogP contribution is 2.35. The number of anilines is 2. The second-order valence-corrected chi connectivity index (χ2v) is 9.37. The van der Waals surface area contributed by atoms with Crippen molar-refractivity contribution in [2.75, 3.05) is 24.2 Å². The SMILES string of the molecule is CS(=O)(=O)c1ccc2c(c1)CCN2c1cc(OC2CCN(C(=O)O)C(F)C2)ncn1. The Morgan fingerprint density at radius 3 is 2.77 bits per heavy atom. The topological polar surface area (TPSA) is 113 Å². The zero-order valence-electron chi connectivity index (χ0n) is 16.2. The molecular formula is C19H21FN4O5S. The summed E-state index contributed by atoms with van der Waals surface area (Å²) in [5.41, 5.74) is 1.78. The standard InChI is InChI=1S/C19H21FN4O5S/c1-30(27,28)14-2-3-15-12(8-14)4-6-23(15)17-10-18(22-11-21-17)29-13-5-7-24(19(25)26)16(20)9-13/h2-3,8,10-11,13,16H,4-7,9H2,1H3,(H,25,26). The molecule has 2 unspecified atom stereocenters. The highest BCUT2D eigenvalue weighted by Gasteiger charge is 2.33. The molecule has 2 atom stereocenters. The van der Waals surface area contributed by atoms with E-state index in [-0.39, 0.29) is 23.7 Å². The Kier molecular flexibility index (Phi) is 5.22. The van der Waals surface area contributed by atoms with Crippen molar-refractivity contribution in [3.05, 3.63) is 36.2 Å². The molecule has 0 spiro atoms. The number of halogens is 1. The summed E-state index contributed by atoms with van der Waals surface area (Å²) in [6.07, 6.45) is 0.135. The molecule has 11 heteroatoms. The lowest BCUT2D eigenvalue weighted by Crippen LogP contribution is -2.46. The van der Waals surface area contributed by atoms with E-state index < -0.39 is 28.3 Å². The summed E-state index contributed by atoms with van der Waals surface area (Å²) in [7, 11) is -3.28. The van der Waals surface area contributed by atoms with E-state index in [2.05, 4.69) is 9.97 Å². The molecule has 1 aromatic carbocycles. The third-order valence-electron chi connectivity index (χ3n) is 5.30. The Morgan fingerprint density at radius 1 is 1.27 bits per heavy atom. The van der Waals surface area contributed by atoms with Gasteiger partial charge in [-0.05, 0) is 30.2 Å². The Hall–Kier alpha value is -2.95. The van der Waals surface area contributed by atoms with Crippen LogP contribution in [-0.4, -0.2) is 66.2 Å². The normalized spacial score (nSPS) is 21.4. The first-order valence-corrected chi connectivity index (χ1v) is 11.3. The first kappa shape index (κ1) is 20.3. The number of benzene rings is 1. The molecule has 2 aliphatic rings. The second-order valence-electron chi connectivity index (χ2n) is 7.35. The third kappa shape index (κ3) is 4.02. The van der Waals surface area contributed by atoms with Crippen LogP contribution in [-0.2, 0) is 16.3 Å².